The van der Waals surface area contributed by atoms with E-state index >= 15 is 0 Å². The molecular formula is C54H34N2O. The number of benzene rings is 9. The lowest BCUT2D eigenvalue weighted by atomic mass is 10.0. The normalized spacial score (nSPS) is 11.9. The molecule has 266 valence electrons. The van der Waals surface area contributed by atoms with E-state index in [1.165, 1.54) is 66.0 Å². The average molecular weight is 727 g/mol. The van der Waals surface area contributed by atoms with Crippen molar-refractivity contribution in [1.82, 2.24) is 9.13 Å². The van der Waals surface area contributed by atoms with E-state index in [0.717, 1.165) is 44.3 Å². The predicted octanol–water partition coefficient (Wildman–Crippen LogP) is 14.8. The van der Waals surface area contributed by atoms with Gasteiger partial charge in [-0.15, -0.1) is 0 Å². The lowest BCUT2D eigenvalue weighted by Crippen LogP contribution is -1.94. The van der Waals surface area contributed by atoms with Crippen LogP contribution in [0.1, 0.15) is 0 Å². The number of furan rings is 1. The van der Waals surface area contributed by atoms with Gasteiger partial charge in [0.15, 0.2) is 0 Å². The molecule has 0 aliphatic heterocycles. The second-order valence-corrected chi connectivity index (χ2v) is 14.9. The number of rotatable bonds is 5. The molecule has 3 aromatic heterocycles. The first-order valence-corrected chi connectivity index (χ1v) is 19.5. The van der Waals surface area contributed by atoms with Crippen molar-refractivity contribution in [3.63, 3.8) is 0 Å². The summed E-state index contributed by atoms with van der Waals surface area (Å²) in [5, 5.41) is 7.09. The van der Waals surface area contributed by atoms with Crippen molar-refractivity contribution in [2.24, 2.45) is 0 Å². The van der Waals surface area contributed by atoms with E-state index in [1.807, 2.05) is 6.07 Å². The summed E-state index contributed by atoms with van der Waals surface area (Å²) in [5.74, 6) is 0. The molecule has 0 radical (unpaired) electrons. The second-order valence-electron chi connectivity index (χ2n) is 14.9. The maximum absolute atomic E-state index is 6.46. The average Bonchev–Trinajstić information content (AvgIpc) is 3.93. The van der Waals surface area contributed by atoms with Gasteiger partial charge in [-0.05, 0) is 106 Å². The SMILES string of the molecule is c1ccc(-c2ccc(-n3c4ccccc4c4cc(-c5ccc6c(c5)c5cc7oc8ccccc8c7cc5n6-c5cccc(-c6ccccc6)c5)ccc43)cc2)cc1. The molecule has 3 heterocycles. The number of fused-ring (bicyclic) bond motifs is 9. The Kier molecular flexibility index (Phi) is 6.93. The minimum absolute atomic E-state index is 0.900. The summed E-state index contributed by atoms with van der Waals surface area (Å²) in [6.45, 7) is 0. The molecule has 57 heavy (non-hydrogen) atoms. The molecule has 9 aromatic carbocycles. The fraction of sp³-hybridized carbons (Fsp3) is 0. The van der Waals surface area contributed by atoms with E-state index < -0.39 is 0 Å². The van der Waals surface area contributed by atoms with Crippen LogP contribution in [0.25, 0.3) is 110 Å². The molecule has 0 bridgehead atoms. The third-order valence-electron chi connectivity index (χ3n) is 11.7. The third-order valence-corrected chi connectivity index (χ3v) is 11.7. The standard InChI is InChI=1S/C54H34N2O/c1-3-12-35(13-4-1)37-22-26-41(27-23-37)55-49-20-9-7-18-43(49)45-31-39(24-28-50(45)55)40-25-29-51-46(32-40)47-34-54-48(44-19-8-10-21-53(44)57-54)33-52(47)56(51)42-17-11-16-38(30-42)36-14-5-2-6-15-36/h1-34H. The monoisotopic (exact) mass is 726 g/mol. The highest BCUT2D eigenvalue weighted by Crippen LogP contribution is 2.41. The van der Waals surface area contributed by atoms with Gasteiger partial charge >= 0.3 is 0 Å². The molecule has 0 spiro atoms. The number of hydrogen-bond donors (Lipinski definition) is 0. The largest absolute Gasteiger partial charge is 0.456 e. The summed E-state index contributed by atoms with van der Waals surface area (Å²) in [5.41, 5.74) is 16.0. The van der Waals surface area contributed by atoms with Crippen molar-refractivity contribution in [2.45, 2.75) is 0 Å². The van der Waals surface area contributed by atoms with Crippen LogP contribution < -0.4 is 0 Å². The van der Waals surface area contributed by atoms with Gasteiger partial charge in [0, 0.05) is 43.7 Å². The molecule has 12 rings (SSSR count). The molecule has 0 saturated carbocycles. The van der Waals surface area contributed by atoms with Crippen LogP contribution in [0, 0.1) is 0 Å². The fourth-order valence-electron chi connectivity index (χ4n) is 9.01. The van der Waals surface area contributed by atoms with Crippen molar-refractivity contribution in [3.05, 3.63) is 206 Å². The fourth-order valence-corrected chi connectivity index (χ4v) is 9.01. The molecule has 0 saturated heterocycles. The summed E-state index contributed by atoms with van der Waals surface area (Å²) < 4.78 is 11.3. The van der Waals surface area contributed by atoms with Crippen LogP contribution in [0.5, 0.6) is 0 Å². The molecule has 3 nitrogen and oxygen atoms in total. The predicted molar refractivity (Wildman–Crippen MR) is 239 cm³/mol. The van der Waals surface area contributed by atoms with Gasteiger partial charge in [-0.25, -0.2) is 0 Å². The Morgan fingerprint density at radius 1 is 0.246 bits per heavy atom. The number of nitrogens with zero attached hydrogens (tertiary/aromatic N) is 2. The van der Waals surface area contributed by atoms with Crippen molar-refractivity contribution >= 4 is 65.6 Å². The molecule has 0 fully saturated rings. The minimum Gasteiger partial charge on any atom is -0.456 e. The van der Waals surface area contributed by atoms with Gasteiger partial charge < -0.3 is 13.6 Å². The van der Waals surface area contributed by atoms with Gasteiger partial charge in [-0.3, -0.25) is 0 Å². The molecule has 0 aliphatic rings. The van der Waals surface area contributed by atoms with E-state index in [0.29, 0.717) is 0 Å². The smallest absolute Gasteiger partial charge is 0.136 e. The number of aromatic nitrogens is 2. The summed E-state index contributed by atoms with van der Waals surface area (Å²) in [4.78, 5) is 0. The van der Waals surface area contributed by atoms with E-state index in [-0.39, 0.29) is 0 Å². The number of hydrogen-bond acceptors (Lipinski definition) is 1. The van der Waals surface area contributed by atoms with Crippen molar-refractivity contribution in [3.8, 4) is 44.8 Å². The zero-order valence-electron chi connectivity index (χ0n) is 30.9. The highest BCUT2D eigenvalue weighted by atomic mass is 16.3. The summed E-state index contributed by atoms with van der Waals surface area (Å²) in [6.07, 6.45) is 0. The van der Waals surface area contributed by atoms with E-state index in [2.05, 4.69) is 209 Å². The molecule has 0 amide bonds. The van der Waals surface area contributed by atoms with Crippen molar-refractivity contribution < 1.29 is 4.42 Å². The van der Waals surface area contributed by atoms with E-state index in [4.69, 9.17) is 4.42 Å². The second kappa shape index (κ2) is 12.5. The molecule has 0 unspecified atom stereocenters. The lowest BCUT2D eigenvalue weighted by molar-refractivity contribution is 0.669. The van der Waals surface area contributed by atoms with Gasteiger partial charge in [0.1, 0.15) is 11.2 Å². The van der Waals surface area contributed by atoms with E-state index in [1.54, 1.807) is 0 Å². The van der Waals surface area contributed by atoms with Gasteiger partial charge in [0.2, 0.25) is 0 Å². The maximum Gasteiger partial charge on any atom is 0.136 e. The lowest BCUT2D eigenvalue weighted by Gasteiger charge is -2.11. The van der Waals surface area contributed by atoms with Crippen molar-refractivity contribution in [2.75, 3.05) is 0 Å². The maximum atomic E-state index is 6.46. The Hall–Kier alpha value is -7.62. The number of para-hydroxylation sites is 2. The highest BCUT2D eigenvalue weighted by molar-refractivity contribution is 6.18. The molecule has 0 N–H and O–H groups in total. The summed E-state index contributed by atoms with van der Waals surface area (Å²) >= 11 is 0. The molecule has 0 atom stereocenters. The molecule has 0 aliphatic carbocycles. The van der Waals surface area contributed by atoms with E-state index in [9.17, 15) is 0 Å². The molecule has 12 aromatic rings. The third kappa shape index (κ3) is 4.99. The summed E-state index contributed by atoms with van der Waals surface area (Å²) in [6, 6.07) is 74.5. The Labute approximate surface area is 328 Å². The first kappa shape index (κ1) is 31.7. The minimum atomic E-state index is 0.900. The van der Waals surface area contributed by atoms with Gasteiger partial charge in [-0.1, -0.05) is 133 Å². The van der Waals surface area contributed by atoms with Gasteiger partial charge in [0.05, 0.1) is 22.1 Å². The zero-order valence-corrected chi connectivity index (χ0v) is 30.9. The first-order chi connectivity index (χ1) is 28.2. The first-order valence-electron chi connectivity index (χ1n) is 19.5. The topological polar surface area (TPSA) is 23.0 Å². The zero-order chi connectivity index (χ0) is 37.5. The van der Waals surface area contributed by atoms with Crippen molar-refractivity contribution in [1.29, 1.82) is 0 Å². The van der Waals surface area contributed by atoms with Crippen LogP contribution in [-0.2, 0) is 0 Å². The quantitative estimate of drug-likeness (QED) is 0.173. The Balaban J connectivity index is 1.04. The van der Waals surface area contributed by atoms with Crippen LogP contribution >= 0.6 is 0 Å². The Morgan fingerprint density at radius 3 is 1.49 bits per heavy atom. The van der Waals surface area contributed by atoms with Crippen LogP contribution in [-0.4, -0.2) is 9.13 Å². The van der Waals surface area contributed by atoms with Crippen LogP contribution in [0.2, 0.25) is 0 Å². The molecule has 3 heteroatoms. The van der Waals surface area contributed by atoms with Crippen LogP contribution in [0.4, 0.5) is 0 Å². The molecular weight excluding hydrogens is 693 g/mol. The van der Waals surface area contributed by atoms with Crippen LogP contribution in [0.15, 0.2) is 211 Å². The Bertz CT molecular complexity index is 3490. The van der Waals surface area contributed by atoms with Gasteiger partial charge in [0.25, 0.3) is 0 Å². The van der Waals surface area contributed by atoms with Gasteiger partial charge in [-0.2, -0.15) is 0 Å². The Morgan fingerprint density at radius 2 is 0.754 bits per heavy atom. The highest BCUT2D eigenvalue weighted by Gasteiger charge is 2.19. The van der Waals surface area contributed by atoms with Crippen LogP contribution in [0.3, 0.4) is 0 Å². The summed E-state index contributed by atoms with van der Waals surface area (Å²) in [7, 11) is 0.